The number of nitrogens with one attached hydrogen (secondary N) is 2. The Morgan fingerprint density at radius 3 is 2.50 bits per heavy atom. The molecule has 20 heavy (non-hydrogen) atoms. The molecular weight excluding hydrogens is 252 g/mol. The Morgan fingerprint density at radius 1 is 1.10 bits per heavy atom. The summed E-state index contributed by atoms with van der Waals surface area (Å²) < 4.78 is 0. The summed E-state index contributed by atoms with van der Waals surface area (Å²) in [6.45, 7) is 3.86. The number of rotatable bonds is 3. The van der Waals surface area contributed by atoms with Gasteiger partial charge in [0.15, 0.2) is 0 Å². The van der Waals surface area contributed by atoms with Gasteiger partial charge in [-0.2, -0.15) is 0 Å². The number of hydrogen-bond acceptors (Lipinski definition) is 2. The average Bonchev–Trinajstić information content (AvgIpc) is 2.46. The SMILES string of the molecule is CC[C@H](C)NC(=O)NC(=O)c1ccc2ccccc2c1. The first-order valence-corrected chi connectivity index (χ1v) is 6.71. The number of amides is 3. The maximum atomic E-state index is 12.0. The largest absolute Gasteiger partial charge is 0.335 e. The maximum Gasteiger partial charge on any atom is 0.321 e. The van der Waals surface area contributed by atoms with Crippen LogP contribution in [-0.4, -0.2) is 18.0 Å². The molecule has 0 radical (unpaired) electrons. The Kier molecular flexibility index (Phi) is 4.35. The third kappa shape index (κ3) is 3.35. The lowest BCUT2D eigenvalue weighted by Gasteiger charge is -2.11. The summed E-state index contributed by atoms with van der Waals surface area (Å²) >= 11 is 0. The van der Waals surface area contributed by atoms with Gasteiger partial charge in [-0.1, -0.05) is 37.3 Å². The van der Waals surface area contributed by atoms with Crippen molar-refractivity contribution in [1.82, 2.24) is 10.6 Å². The van der Waals surface area contributed by atoms with Gasteiger partial charge in [-0.05, 0) is 36.2 Å². The molecule has 2 N–H and O–H groups in total. The predicted octanol–water partition coefficient (Wildman–Crippen LogP) is 3.08. The fourth-order valence-corrected chi connectivity index (χ4v) is 1.87. The Balaban J connectivity index is 2.09. The van der Waals surface area contributed by atoms with Gasteiger partial charge in [0.1, 0.15) is 0 Å². The third-order valence-corrected chi connectivity index (χ3v) is 3.23. The van der Waals surface area contributed by atoms with E-state index in [1.165, 1.54) is 0 Å². The quantitative estimate of drug-likeness (QED) is 0.900. The van der Waals surface area contributed by atoms with Crippen LogP contribution in [0.2, 0.25) is 0 Å². The fraction of sp³-hybridized carbons (Fsp3) is 0.250. The molecule has 0 bridgehead atoms. The van der Waals surface area contributed by atoms with Crippen LogP contribution in [0.25, 0.3) is 10.8 Å². The minimum atomic E-state index is -0.461. The van der Waals surface area contributed by atoms with Crippen molar-refractivity contribution < 1.29 is 9.59 Å². The van der Waals surface area contributed by atoms with E-state index in [2.05, 4.69) is 10.6 Å². The first-order valence-electron chi connectivity index (χ1n) is 6.71. The number of urea groups is 1. The number of fused-ring (bicyclic) bond motifs is 1. The van der Waals surface area contributed by atoms with Crippen molar-refractivity contribution in [3.05, 3.63) is 48.0 Å². The zero-order valence-corrected chi connectivity index (χ0v) is 11.6. The van der Waals surface area contributed by atoms with E-state index < -0.39 is 11.9 Å². The van der Waals surface area contributed by atoms with Gasteiger partial charge in [-0.15, -0.1) is 0 Å². The van der Waals surface area contributed by atoms with Gasteiger partial charge in [0.25, 0.3) is 5.91 Å². The van der Waals surface area contributed by atoms with E-state index in [1.54, 1.807) is 12.1 Å². The summed E-state index contributed by atoms with van der Waals surface area (Å²) in [5.41, 5.74) is 0.475. The first-order chi connectivity index (χ1) is 9.60. The molecule has 2 aromatic rings. The zero-order valence-electron chi connectivity index (χ0n) is 11.6. The summed E-state index contributed by atoms with van der Waals surface area (Å²) in [5, 5.41) is 7.07. The smallest absolute Gasteiger partial charge is 0.321 e. The van der Waals surface area contributed by atoms with Crippen molar-refractivity contribution in [2.45, 2.75) is 26.3 Å². The maximum absolute atomic E-state index is 12.0. The molecule has 0 aliphatic carbocycles. The fourth-order valence-electron chi connectivity index (χ4n) is 1.87. The Bertz CT molecular complexity index is 637. The highest BCUT2D eigenvalue weighted by molar-refractivity contribution is 6.06. The molecule has 0 aromatic heterocycles. The summed E-state index contributed by atoms with van der Waals surface area (Å²) in [7, 11) is 0. The van der Waals surface area contributed by atoms with Crippen LogP contribution in [0.1, 0.15) is 30.6 Å². The molecule has 0 saturated carbocycles. The summed E-state index contributed by atoms with van der Waals surface area (Å²) in [6, 6.07) is 12.7. The molecule has 0 spiro atoms. The van der Waals surface area contributed by atoms with Crippen molar-refractivity contribution in [3.63, 3.8) is 0 Å². The topological polar surface area (TPSA) is 58.2 Å². The molecule has 0 aliphatic heterocycles. The number of imide groups is 1. The summed E-state index contributed by atoms with van der Waals surface area (Å²) in [5.74, 6) is -0.392. The second kappa shape index (κ2) is 6.19. The molecule has 0 saturated heterocycles. The Hall–Kier alpha value is -2.36. The minimum Gasteiger partial charge on any atom is -0.335 e. The molecule has 0 heterocycles. The van der Waals surface area contributed by atoms with Gasteiger partial charge in [0.05, 0.1) is 0 Å². The summed E-state index contributed by atoms with van der Waals surface area (Å²) in [4.78, 5) is 23.6. The lowest BCUT2D eigenvalue weighted by molar-refractivity contribution is 0.0963. The number of benzene rings is 2. The standard InChI is InChI=1S/C16H18N2O2/c1-3-11(2)17-16(20)18-15(19)14-9-8-12-6-4-5-7-13(12)10-14/h4-11H,3H2,1-2H3,(H2,17,18,19,20)/t11-/m0/s1. The van der Waals surface area contributed by atoms with Crippen LogP contribution in [0.5, 0.6) is 0 Å². The van der Waals surface area contributed by atoms with Crippen LogP contribution in [0, 0.1) is 0 Å². The monoisotopic (exact) mass is 270 g/mol. The van der Waals surface area contributed by atoms with Crippen LogP contribution in [0.4, 0.5) is 4.79 Å². The van der Waals surface area contributed by atoms with E-state index in [9.17, 15) is 9.59 Å². The van der Waals surface area contributed by atoms with Gasteiger partial charge in [0.2, 0.25) is 0 Å². The van der Waals surface area contributed by atoms with Crippen LogP contribution in [0.3, 0.4) is 0 Å². The van der Waals surface area contributed by atoms with E-state index in [-0.39, 0.29) is 6.04 Å². The molecule has 0 aliphatic rings. The number of carbonyl (C=O) groups excluding carboxylic acids is 2. The molecule has 0 fully saturated rings. The van der Waals surface area contributed by atoms with E-state index in [1.807, 2.05) is 44.2 Å². The van der Waals surface area contributed by atoms with E-state index in [0.29, 0.717) is 5.56 Å². The van der Waals surface area contributed by atoms with Crippen molar-refractivity contribution in [2.75, 3.05) is 0 Å². The van der Waals surface area contributed by atoms with Crippen LogP contribution in [0.15, 0.2) is 42.5 Å². The third-order valence-electron chi connectivity index (χ3n) is 3.23. The Morgan fingerprint density at radius 2 is 1.80 bits per heavy atom. The highest BCUT2D eigenvalue weighted by Crippen LogP contribution is 2.15. The molecule has 104 valence electrons. The van der Waals surface area contributed by atoms with Crippen molar-refractivity contribution in [2.24, 2.45) is 0 Å². The Labute approximate surface area is 118 Å². The highest BCUT2D eigenvalue weighted by Gasteiger charge is 2.11. The summed E-state index contributed by atoms with van der Waals surface area (Å²) in [6.07, 6.45) is 0.817. The van der Waals surface area contributed by atoms with Crippen molar-refractivity contribution in [3.8, 4) is 0 Å². The lowest BCUT2D eigenvalue weighted by atomic mass is 10.1. The normalized spacial score (nSPS) is 11.9. The van der Waals surface area contributed by atoms with Gasteiger partial charge < -0.3 is 5.32 Å². The van der Waals surface area contributed by atoms with Crippen LogP contribution < -0.4 is 10.6 Å². The molecule has 0 unspecified atom stereocenters. The zero-order chi connectivity index (χ0) is 14.5. The van der Waals surface area contributed by atoms with E-state index in [4.69, 9.17) is 0 Å². The lowest BCUT2D eigenvalue weighted by Crippen LogP contribution is -2.43. The predicted molar refractivity (Wildman–Crippen MR) is 79.7 cm³/mol. The van der Waals surface area contributed by atoms with Crippen LogP contribution in [-0.2, 0) is 0 Å². The second-order valence-electron chi connectivity index (χ2n) is 4.80. The minimum absolute atomic E-state index is 0.0411. The van der Waals surface area contributed by atoms with E-state index >= 15 is 0 Å². The number of carbonyl (C=O) groups is 2. The van der Waals surface area contributed by atoms with Gasteiger partial charge in [-0.25, -0.2) is 4.79 Å². The molecule has 4 heteroatoms. The van der Waals surface area contributed by atoms with Gasteiger partial charge in [-0.3, -0.25) is 10.1 Å². The molecule has 2 aromatic carbocycles. The molecular formula is C16H18N2O2. The van der Waals surface area contributed by atoms with Gasteiger partial charge >= 0.3 is 6.03 Å². The average molecular weight is 270 g/mol. The van der Waals surface area contributed by atoms with Crippen LogP contribution >= 0.6 is 0 Å². The van der Waals surface area contributed by atoms with Crippen molar-refractivity contribution >= 4 is 22.7 Å². The van der Waals surface area contributed by atoms with E-state index in [0.717, 1.165) is 17.2 Å². The molecule has 3 amide bonds. The molecule has 1 atom stereocenters. The highest BCUT2D eigenvalue weighted by atomic mass is 16.2. The number of hydrogen-bond donors (Lipinski definition) is 2. The molecule has 4 nitrogen and oxygen atoms in total. The van der Waals surface area contributed by atoms with Gasteiger partial charge in [0, 0.05) is 11.6 Å². The first kappa shape index (κ1) is 14.1. The second-order valence-corrected chi connectivity index (χ2v) is 4.80. The van der Waals surface area contributed by atoms with Crippen molar-refractivity contribution in [1.29, 1.82) is 0 Å². The molecule has 2 rings (SSSR count).